The summed E-state index contributed by atoms with van der Waals surface area (Å²) in [6.07, 6.45) is 0. The molecule has 2 rings (SSSR count). The van der Waals surface area contributed by atoms with Crippen LogP contribution in [0.5, 0.6) is 0 Å². The summed E-state index contributed by atoms with van der Waals surface area (Å²) in [6, 6.07) is -2.77. The number of rotatable bonds is 5. The van der Waals surface area contributed by atoms with E-state index in [1.165, 1.54) is 27.9 Å². The molecule has 14 heteroatoms. The zero-order valence-electron chi connectivity index (χ0n) is 16.7. The number of likely N-dealkylation sites (N-methyl/N-ethyl adjacent to an activating group) is 2. The Bertz CT molecular complexity index is 828. The molecule has 2 aliphatic rings. The zero-order chi connectivity index (χ0) is 22.3. The fourth-order valence-corrected chi connectivity index (χ4v) is 3.90. The van der Waals surface area contributed by atoms with Gasteiger partial charge in [0.25, 0.3) is 5.91 Å². The number of nitrogens with one attached hydrogen (secondary N) is 3. The zero-order valence-corrected chi connectivity index (χ0v) is 16.7. The van der Waals surface area contributed by atoms with E-state index in [1.54, 1.807) is 6.92 Å². The predicted molar refractivity (Wildman–Crippen MR) is 96.8 cm³/mol. The molecule has 0 aromatic rings. The van der Waals surface area contributed by atoms with Gasteiger partial charge in [0, 0.05) is 19.8 Å². The Hall–Kier alpha value is -3.55. The van der Waals surface area contributed by atoms with Crippen molar-refractivity contribution in [2.45, 2.75) is 32.0 Å². The second-order valence-electron chi connectivity index (χ2n) is 6.59. The van der Waals surface area contributed by atoms with Crippen molar-refractivity contribution in [3.05, 3.63) is 11.3 Å². The number of carbonyl (C=O) groups excluding carboxylic acids is 5. The van der Waals surface area contributed by atoms with Crippen molar-refractivity contribution in [1.82, 2.24) is 31.1 Å². The van der Waals surface area contributed by atoms with E-state index in [4.69, 9.17) is 16.2 Å². The van der Waals surface area contributed by atoms with Crippen LogP contribution in [-0.2, 0) is 14.3 Å². The molecule has 0 saturated carbocycles. The van der Waals surface area contributed by atoms with E-state index in [0.717, 1.165) is 14.8 Å². The molecule has 29 heavy (non-hydrogen) atoms. The summed E-state index contributed by atoms with van der Waals surface area (Å²) >= 11 is 0. The number of hydrogen-bond donors (Lipinski definition) is 5. The van der Waals surface area contributed by atoms with Crippen molar-refractivity contribution >= 4 is 30.0 Å². The number of nitrogens with zero attached hydrogens (tertiary/aromatic N) is 3. The van der Waals surface area contributed by atoms with Crippen molar-refractivity contribution in [2.75, 3.05) is 20.7 Å². The van der Waals surface area contributed by atoms with Crippen molar-refractivity contribution in [3.63, 3.8) is 0 Å². The molecule has 7 N–H and O–H groups in total. The summed E-state index contributed by atoms with van der Waals surface area (Å²) in [6.45, 7) is 4.35. The van der Waals surface area contributed by atoms with Crippen molar-refractivity contribution in [1.29, 1.82) is 0 Å². The molecular formula is C15H24N8O6. The Morgan fingerprint density at radius 1 is 1.14 bits per heavy atom. The lowest BCUT2D eigenvalue weighted by atomic mass is 9.79. The number of hydrogen-bond acceptors (Lipinski definition) is 8. The van der Waals surface area contributed by atoms with Crippen LogP contribution in [-0.4, -0.2) is 76.7 Å². The number of ether oxygens (including phenoxy) is 1. The second kappa shape index (κ2) is 7.12. The fraction of sp³-hybridized carbons (Fsp3) is 0.533. The molecule has 0 bridgehead atoms. The number of carbonyl (C=O) groups is 5. The second-order valence-corrected chi connectivity index (χ2v) is 6.59. The SMILES string of the molecule is CCOC(=O)C1=C(C)N(NC(N)=O)C(C)(NNC(N)=O)C12C(=O)N(C)C(=O)N2C. The van der Waals surface area contributed by atoms with Gasteiger partial charge in [-0.15, -0.1) is 0 Å². The number of esters is 1. The number of hydrazine groups is 2. The normalized spacial score (nSPS) is 26.4. The lowest BCUT2D eigenvalue weighted by molar-refractivity contribution is -0.146. The number of amides is 7. The smallest absolute Gasteiger partial charge is 0.338 e. The first-order chi connectivity index (χ1) is 13.4. The van der Waals surface area contributed by atoms with E-state index in [2.05, 4.69) is 16.3 Å². The minimum absolute atomic E-state index is 0.0136. The van der Waals surface area contributed by atoms with Gasteiger partial charge in [-0.25, -0.2) is 30.0 Å². The van der Waals surface area contributed by atoms with Gasteiger partial charge < -0.3 is 21.1 Å². The number of imide groups is 1. The molecule has 0 radical (unpaired) electrons. The first-order valence-electron chi connectivity index (χ1n) is 8.51. The van der Waals surface area contributed by atoms with E-state index < -0.39 is 41.2 Å². The van der Waals surface area contributed by atoms with Gasteiger partial charge in [-0.05, 0) is 20.8 Å². The molecule has 14 nitrogen and oxygen atoms in total. The standard InChI is InChI=1S/C15H24N8O6/c1-6-29-9(24)8-7(2)23(19-12(17)27)14(3,20-18-11(16)26)15(8)10(25)21(4)13(28)22(15)5/h20H,6H2,1-5H3,(H3,16,18,26)(H3,17,19,27). The molecule has 1 saturated heterocycles. The average molecular weight is 412 g/mol. The van der Waals surface area contributed by atoms with Crippen LogP contribution in [0.1, 0.15) is 20.8 Å². The molecular weight excluding hydrogens is 388 g/mol. The Balaban J connectivity index is 2.85. The van der Waals surface area contributed by atoms with Crippen molar-refractivity contribution < 1.29 is 28.7 Å². The monoisotopic (exact) mass is 412 g/mol. The molecule has 0 aromatic carbocycles. The average Bonchev–Trinajstić information content (AvgIpc) is 2.92. The topological polar surface area (TPSA) is 192 Å². The summed E-state index contributed by atoms with van der Waals surface area (Å²) in [4.78, 5) is 63.7. The molecule has 2 aliphatic heterocycles. The maximum Gasteiger partial charge on any atom is 0.338 e. The Morgan fingerprint density at radius 2 is 1.72 bits per heavy atom. The van der Waals surface area contributed by atoms with Gasteiger partial charge >= 0.3 is 24.1 Å². The Kier molecular flexibility index (Phi) is 5.34. The summed E-state index contributed by atoms with van der Waals surface area (Å²) in [5, 5.41) is 1.07. The van der Waals surface area contributed by atoms with Crippen LogP contribution in [0.15, 0.2) is 11.3 Å². The van der Waals surface area contributed by atoms with Crippen LogP contribution in [0.4, 0.5) is 14.4 Å². The first kappa shape index (κ1) is 21.7. The fourth-order valence-electron chi connectivity index (χ4n) is 3.90. The first-order valence-corrected chi connectivity index (χ1v) is 8.51. The van der Waals surface area contributed by atoms with Crippen LogP contribution in [0.3, 0.4) is 0 Å². The highest BCUT2D eigenvalue weighted by Crippen LogP contribution is 2.50. The van der Waals surface area contributed by atoms with E-state index >= 15 is 0 Å². The van der Waals surface area contributed by atoms with Crippen LogP contribution in [0.25, 0.3) is 0 Å². The number of primary amides is 2. The lowest BCUT2D eigenvalue weighted by Gasteiger charge is -2.47. The maximum atomic E-state index is 13.4. The molecule has 0 aromatic heterocycles. The molecule has 2 unspecified atom stereocenters. The molecule has 7 amide bonds. The maximum absolute atomic E-state index is 13.4. The largest absolute Gasteiger partial charge is 0.462 e. The summed E-state index contributed by atoms with van der Waals surface area (Å²) in [5.41, 5.74) is 13.3. The molecule has 2 heterocycles. The third-order valence-corrected chi connectivity index (χ3v) is 5.03. The summed E-state index contributed by atoms with van der Waals surface area (Å²) in [5.74, 6) is -1.70. The van der Waals surface area contributed by atoms with E-state index in [1.807, 2.05) is 0 Å². The highest BCUT2D eigenvalue weighted by Gasteiger charge is 2.74. The predicted octanol–water partition coefficient (Wildman–Crippen LogP) is -2.13. The number of nitrogens with two attached hydrogens (primary N) is 2. The lowest BCUT2D eigenvalue weighted by Crippen LogP contribution is -2.78. The van der Waals surface area contributed by atoms with Crippen molar-refractivity contribution in [3.8, 4) is 0 Å². The quantitative estimate of drug-likeness (QED) is 0.192. The van der Waals surface area contributed by atoms with Gasteiger partial charge in [0.15, 0.2) is 11.2 Å². The van der Waals surface area contributed by atoms with Gasteiger partial charge in [-0.2, -0.15) is 0 Å². The summed E-state index contributed by atoms with van der Waals surface area (Å²) in [7, 11) is 2.54. The van der Waals surface area contributed by atoms with E-state index in [-0.39, 0.29) is 17.9 Å². The van der Waals surface area contributed by atoms with Gasteiger partial charge in [0.05, 0.1) is 12.2 Å². The van der Waals surface area contributed by atoms with Gasteiger partial charge in [-0.3, -0.25) is 20.1 Å². The summed E-state index contributed by atoms with van der Waals surface area (Å²) < 4.78 is 5.11. The van der Waals surface area contributed by atoms with Crippen LogP contribution in [0, 0.1) is 0 Å². The van der Waals surface area contributed by atoms with Crippen LogP contribution < -0.4 is 27.7 Å². The highest BCUT2D eigenvalue weighted by atomic mass is 16.5. The number of urea groups is 3. The molecule has 160 valence electrons. The third kappa shape index (κ3) is 2.79. The van der Waals surface area contributed by atoms with E-state index in [0.29, 0.717) is 0 Å². The molecule has 2 atom stereocenters. The van der Waals surface area contributed by atoms with Crippen molar-refractivity contribution in [2.24, 2.45) is 11.5 Å². The number of allylic oxidation sites excluding steroid dienone is 1. The van der Waals surface area contributed by atoms with Gasteiger partial charge in [0.1, 0.15) is 0 Å². The minimum Gasteiger partial charge on any atom is -0.462 e. The van der Waals surface area contributed by atoms with Crippen LogP contribution >= 0.6 is 0 Å². The van der Waals surface area contributed by atoms with E-state index in [9.17, 15) is 24.0 Å². The van der Waals surface area contributed by atoms with Gasteiger partial charge in [-0.1, -0.05) is 0 Å². The Morgan fingerprint density at radius 3 is 2.14 bits per heavy atom. The molecule has 1 fully saturated rings. The molecule has 0 aliphatic carbocycles. The van der Waals surface area contributed by atoms with Crippen LogP contribution in [0.2, 0.25) is 0 Å². The molecule has 1 spiro atoms. The third-order valence-electron chi connectivity index (χ3n) is 5.03. The van der Waals surface area contributed by atoms with Gasteiger partial charge in [0.2, 0.25) is 0 Å². The highest BCUT2D eigenvalue weighted by molar-refractivity contribution is 6.15. The Labute approximate surface area is 166 Å². The minimum atomic E-state index is -2.04.